The molecule has 0 bridgehead atoms. The maximum absolute atomic E-state index is 12.4. The molecule has 3 rings (SSSR count). The highest BCUT2D eigenvalue weighted by Gasteiger charge is 2.26. The van der Waals surface area contributed by atoms with E-state index in [-0.39, 0.29) is 11.2 Å². The lowest BCUT2D eigenvalue weighted by Gasteiger charge is -2.20. The number of carbonyl (C=O) groups is 2. The van der Waals surface area contributed by atoms with E-state index < -0.39 is 17.4 Å². The Hall–Kier alpha value is -1.73. The van der Waals surface area contributed by atoms with Crippen LogP contribution in [0.2, 0.25) is 0 Å². The lowest BCUT2D eigenvalue weighted by atomic mass is 9.99. The fraction of sp³-hybridized carbons (Fsp3) is 0.579. The van der Waals surface area contributed by atoms with Crippen LogP contribution >= 0.6 is 0 Å². The molecule has 1 aromatic carbocycles. The predicted molar refractivity (Wildman–Crippen MR) is 104 cm³/mol. The lowest BCUT2D eigenvalue weighted by Crippen LogP contribution is -2.41. The van der Waals surface area contributed by atoms with Crippen molar-refractivity contribution in [1.82, 2.24) is 10.0 Å². The van der Waals surface area contributed by atoms with Gasteiger partial charge in [0.2, 0.25) is 5.91 Å². The van der Waals surface area contributed by atoms with Crippen LogP contribution in [0.4, 0.5) is 10.5 Å². The summed E-state index contributed by atoms with van der Waals surface area (Å²) in [4.78, 5) is 23.3. The molecule has 0 radical (unpaired) electrons. The molecule has 0 fully saturated rings. The van der Waals surface area contributed by atoms with E-state index in [9.17, 15) is 14.1 Å². The minimum Gasteiger partial charge on any atom is -0.593 e. The number of nitrogens with one attached hydrogen (secondary N) is 3. The van der Waals surface area contributed by atoms with Gasteiger partial charge in [0, 0.05) is 25.6 Å². The third kappa shape index (κ3) is 4.32. The van der Waals surface area contributed by atoms with Crippen molar-refractivity contribution in [2.45, 2.75) is 64.0 Å². The van der Waals surface area contributed by atoms with Gasteiger partial charge in [0.15, 0.2) is 0 Å². The Labute approximate surface area is 157 Å². The Morgan fingerprint density at radius 3 is 2.35 bits per heavy atom. The number of rotatable bonds is 6. The molecule has 2 aliphatic carbocycles. The minimum absolute atomic E-state index is 0.111. The highest BCUT2D eigenvalue weighted by Crippen LogP contribution is 2.38. The largest absolute Gasteiger partial charge is 0.593 e. The van der Waals surface area contributed by atoms with Crippen LogP contribution in [0.25, 0.3) is 0 Å². The second-order valence-corrected chi connectivity index (χ2v) is 8.77. The first-order chi connectivity index (χ1) is 12.5. The average molecular weight is 378 g/mol. The summed E-state index contributed by atoms with van der Waals surface area (Å²) in [6.07, 6.45) is 6.93. The number of urea groups is 1. The number of aryl methyl sites for hydroxylation is 2. The van der Waals surface area contributed by atoms with Crippen molar-refractivity contribution in [3.8, 4) is 0 Å². The highest BCUT2D eigenvalue weighted by atomic mass is 32.2. The second kappa shape index (κ2) is 8.31. The molecular weight excluding hydrogens is 350 g/mol. The average Bonchev–Trinajstić information content (AvgIpc) is 3.22. The van der Waals surface area contributed by atoms with Crippen molar-refractivity contribution in [1.29, 1.82) is 0 Å². The summed E-state index contributed by atoms with van der Waals surface area (Å²) in [5, 5.41) is 5.43. The first-order valence-corrected chi connectivity index (χ1v) is 10.6. The lowest BCUT2D eigenvalue weighted by molar-refractivity contribution is -0.118. The number of fused-ring (bicyclic) bond motifs is 2. The normalized spacial score (nSPS) is 17.2. The van der Waals surface area contributed by atoms with E-state index in [4.69, 9.17) is 0 Å². The van der Waals surface area contributed by atoms with Crippen LogP contribution < -0.4 is 15.4 Å². The van der Waals surface area contributed by atoms with Crippen LogP contribution in [-0.4, -0.2) is 28.3 Å². The van der Waals surface area contributed by atoms with Crippen LogP contribution in [0.5, 0.6) is 0 Å². The number of carbonyl (C=O) groups excluding carboxylic acids is 2. The molecule has 3 amide bonds. The summed E-state index contributed by atoms with van der Waals surface area (Å²) in [5.41, 5.74) is 6.17. The topological polar surface area (TPSA) is 93.3 Å². The summed E-state index contributed by atoms with van der Waals surface area (Å²) >= 11 is -1.49. The van der Waals surface area contributed by atoms with Gasteiger partial charge in [-0.25, -0.2) is 4.79 Å². The number of anilines is 1. The van der Waals surface area contributed by atoms with E-state index in [1.54, 1.807) is 6.92 Å². The van der Waals surface area contributed by atoms with Crippen molar-refractivity contribution >= 4 is 29.0 Å². The fourth-order valence-corrected chi connectivity index (χ4v) is 4.62. The van der Waals surface area contributed by atoms with Crippen molar-refractivity contribution in [2.24, 2.45) is 0 Å². The van der Waals surface area contributed by atoms with Gasteiger partial charge in [-0.2, -0.15) is 4.72 Å². The van der Waals surface area contributed by atoms with Crippen molar-refractivity contribution < 1.29 is 14.1 Å². The maximum atomic E-state index is 12.4. The van der Waals surface area contributed by atoms with Crippen molar-refractivity contribution in [3.63, 3.8) is 0 Å². The van der Waals surface area contributed by atoms with Crippen molar-refractivity contribution in [2.75, 3.05) is 11.9 Å². The van der Waals surface area contributed by atoms with Gasteiger partial charge in [0.05, 0.1) is 11.4 Å². The minimum atomic E-state index is -1.49. The molecule has 0 aliphatic heterocycles. The summed E-state index contributed by atoms with van der Waals surface area (Å²) in [6, 6.07) is 1.90. The van der Waals surface area contributed by atoms with Crippen molar-refractivity contribution in [3.05, 3.63) is 28.3 Å². The Morgan fingerprint density at radius 2 is 1.77 bits per heavy atom. The van der Waals surface area contributed by atoms with Gasteiger partial charge in [0.25, 0.3) is 0 Å². The standard InChI is InChI=1S/C19H27N3O3S/c1-12(9-10-20-13(2)23)26(25)22-19(24)21-18-16-7-3-5-14(16)11-15-6-4-8-17(15)18/h11-12H,3-10H2,1-2H3,(H,20,23)(H2,21,22,24). The molecular formula is C19H27N3O3S. The Bertz CT molecular complexity index is 676. The summed E-state index contributed by atoms with van der Waals surface area (Å²) in [5.74, 6) is -0.111. The zero-order valence-electron chi connectivity index (χ0n) is 15.4. The van der Waals surface area contributed by atoms with Gasteiger partial charge < -0.3 is 15.2 Å². The van der Waals surface area contributed by atoms with Gasteiger partial charge in [0.1, 0.15) is 5.25 Å². The third-order valence-electron chi connectivity index (χ3n) is 5.20. The van der Waals surface area contributed by atoms with Gasteiger partial charge in [-0.15, -0.1) is 0 Å². The van der Waals surface area contributed by atoms with Crippen LogP contribution in [0, 0.1) is 0 Å². The molecule has 1 aromatic rings. The zero-order valence-corrected chi connectivity index (χ0v) is 16.3. The Balaban J connectivity index is 1.61. The molecule has 2 atom stereocenters. The van der Waals surface area contributed by atoms with Gasteiger partial charge >= 0.3 is 6.03 Å². The van der Waals surface area contributed by atoms with E-state index in [2.05, 4.69) is 21.4 Å². The SMILES string of the molecule is CC(=O)NCCC(C)[S+]([O-])NC(=O)Nc1c2c(cc3c1CCC3)CCC2. The van der Waals surface area contributed by atoms with E-state index >= 15 is 0 Å². The fourth-order valence-electron chi connectivity index (χ4n) is 3.86. The molecule has 2 aliphatic rings. The van der Waals surface area contributed by atoms with E-state index in [0.29, 0.717) is 13.0 Å². The van der Waals surface area contributed by atoms with Gasteiger partial charge in [-0.1, -0.05) is 6.07 Å². The molecule has 26 heavy (non-hydrogen) atoms. The number of hydrogen-bond acceptors (Lipinski definition) is 3. The quantitative estimate of drug-likeness (QED) is 0.665. The van der Waals surface area contributed by atoms with E-state index in [1.165, 1.54) is 29.2 Å². The first-order valence-electron chi connectivity index (χ1n) is 9.35. The monoisotopic (exact) mass is 377 g/mol. The molecule has 0 heterocycles. The second-order valence-electron chi connectivity index (χ2n) is 7.17. The summed E-state index contributed by atoms with van der Waals surface area (Å²) in [6.45, 7) is 3.70. The molecule has 0 spiro atoms. The van der Waals surface area contributed by atoms with Crippen LogP contribution in [-0.2, 0) is 41.8 Å². The molecule has 3 N–H and O–H groups in total. The summed E-state index contributed by atoms with van der Waals surface area (Å²) < 4.78 is 14.9. The molecule has 6 nitrogen and oxygen atoms in total. The Morgan fingerprint density at radius 1 is 1.15 bits per heavy atom. The number of amides is 3. The molecule has 0 aromatic heterocycles. The molecule has 7 heteroatoms. The first kappa shape index (κ1) is 19.0. The van der Waals surface area contributed by atoms with Gasteiger partial charge in [-0.05, 0) is 67.7 Å². The molecule has 2 unspecified atom stereocenters. The molecule has 0 saturated carbocycles. The van der Waals surface area contributed by atoms with Crippen LogP contribution in [0.1, 0.15) is 55.4 Å². The Kier molecular flexibility index (Phi) is 6.09. The third-order valence-corrected chi connectivity index (χ3v) is 6.55. The molecule has 0 saturated heterocycles. The zero-order chi connectivity index (χ0) is 18.7. The number of hydrogen-bond donors (Lipinski definition) is 3. The van der Waals surface area contributed by atoms with Crippen LogP contribution in [0.3, 0.4) is 0 Å². The van der Waals surface area contributed by atoms with Gasteiger partial charge in [-0.3, -0.25) is 4.79 Å². The number of benzene rings is 1. The van der Waals surface area contributed by atoms with E-state index in [0.717, 1.165) is 44.2 Å². The van der Waals surface area contributed by atoms with E-state index in [1.807, 2.05) is 0 Å². The highest BCUT2D eigenvalue weighted by molar-refractivity contribution is 7.90. The van der Waals surface area contributed by atoms with Crippen LogP contribution in [0.15, 0.2) is 6.07 Å². The maximum Gasteiger partial charge on any atom is 0.360 e. The smallest absolute Gasteiger partial charge is 0.360 e. The predicted octanol–water partition coefficient (Wildman–Crippen LogP) is 2.36. The molecule has 142 valence electrons. The summed E-state index contributed by atoms with van der Waals surface area (Å²) in [7, 11) is 0.